The standard InChI is InChI=1S/C10H12S2/c1-2-7-6-9-10(8(7)3-1)12-5-4-11-9/h1,3,7-8H,2,4-6H2/t7-,8-/m1/s1. The fraction of sp³-hybridized carbons (Fsp3) is 0.600. The Balaban J connectivity index is 1.95. The highest BCUT2D eigenvalue weighted by atomic mass is 32.2. The molecule has 1 aliphatic heterocycles. The van der Waals surface area contributed by atoms with E-state index in [4.69, 9.17) is 0 Å². The van der Waals surface area contributed by atoms with Crippen LogP contribution >= 0.6 is 23.5 Å². The van der Waals surface area contributed by atoms with Crippen LogP contribution in [0.3, 0.4) is 0 Å². The molecule has 0 fully saturated rings. The first-order valence-corrected chi connectivity index (χ1v) is 6.57. The van der Waals surface area contributed by atoms with Crippen LogP contribution in [-0.2, 0) is 0 Å². The molecule has 0 spiro atoms. The van der Waals surface area contributed by atoms with E-state index in [2.05, 4.69) is 35.7 Å². The molecule has 2 aliphatic carbocycles. The Hall–Kier alpha value is 0.180. The lowest BCUT2D eigenvalue weighted by atomic mass is 9.99. The average Bonchev–Trinajstić information content (AvgIpc) is 2.62. The van der Waals surface area contributed by atoms with Gasteiger partial charge in [-0.1, -0.05) is 12.2 Å². The lowest BCUT2D eigenvalue weighted by molar-refractivity contribution is 0.522. The Morgan fingerprint density at radius 2 is 2.17 bits per heavy atom. The molecule has 0 amide bonds. The van der Waals surface area contributed by atoms with Crippen molar-refractivity contribution in [3.8, 4) is 0 Å². The molecule has 3 aliphatic rings. The fourth-order valence-corrected chi connectivity index (χ4v) is 5.17. The molecule has 0 saturated carbocycles. The highest BCUT2D eigenvalue weighted by molar-refractivity contribution is 8.10. The summed E-state index contributed by atoms with van der Waals surface area (Å²) in [5, 5.41) is 0. The van der Waals surface area contributed by atoms with Gasteiger partial charge in [0.25, 0.3) is 0 Å². The summed E-state index contributed by atoms with van der Waals surface area (Å²) in [5.41, 5.74) is 0. The molecule has 0 N–H and O–H groups in total. The van der Waals surface area contributed by atoms with Gasteiger partial charge in [-0.15, -0.1) is 23.5 Å². The smallest absolute Gasteiger partial charge is 0.0120 e. The number of hydrogen-bond donors (Lipinski definition) is 0. The summed E-state index contributed by atoms with van der Waals surface area (Å²) in [7, 11) is 0. The van der Waals surface area contributed by atoms with Crippen LogP contribution in [0.15, 0.2) is 22.0 Å². The summed E-state index contributed by atoms with van der Waals surface area (Å²) in [6, 6.07) is 0. The zero-order chi connectivity index (χ0) is 7.97. The number of hydrogen-bond acceptors (Lipinski definition) is 2. The van der Waals surface area contributed by atoms with Gasteiger partial charge in [0, 0.05) is 22.3 Å². The van der Waals surface area contributed by atoms with Crippen molar-refractivity contribution in [1.29, 1.82) is 0 Å². The molecule has 1 heterocycles. The number of rotatable bonds is 0. The van der Waals surface area contributed by atoms with E-state index in [1.807, 2.05) is 0 Å². The molecule has 0 aromatic carbocycles. The summed E-state index contributed by atoms with van der Waals surface area (Å²) in [4.78, 5) is 3.45. The quantitative estimate of drug-likeness (QED) is 0.545. The molecular weight excluding hydrogens is 184 g/mol. The first-order valence-electron chi connectivity index (χ1n) is 4.60. The van der Waals surface area contributed by atoms with Crippen LogP contribution in [-0.4, -0.2) is 11.5 Å². The first-order chi connectivity index (χ1) is 5.95. The van der Waals surface area contributed by atoms with E-state index in [1.165, 1.54) is 24.3 Å². The zero-order valence-electron chi connectivity index (χ0n) is 6.95. The van der Waals surface area contributed by atoms with Crippen molar-refractivity contribution in [2.75, 3.05) is 11.5 Å². The van der Waals surface area contributed by atoms with Gasteiger partial charge in [0.05, 0.1) is 0 Å². The second-order valence-electron chi connectivity index (χ2n) is 3.64. The van der Waals surface area contributed by atoms with Crippen molar-refractivity contribution >= 4 is 23.5 Å². The fourth-order valence-electron chi connectivity index (χ4n) is 2.36. The van der Waals surface area contributed by atoms with Crippen molar-refractivity contribution in [3.63, 3.8) is 0 Å². The van der Waals surface area contributed by atoms with Crippen molar-refractivity contribution in [1.82, 2.24) is 0 Å². The van der Waals surface area contributed by atoms with E-state index in [0.717, 1.165) is 11.8 Å². The van der Waals surface area contributed by atoms with Gasteiger partial charge in [-0.3, -0.25) is 0 Å². The minimum atomic E-state index is 0.831. The molecule has 0 aromatic rings. The minimum absolute atomic E-state index is 0.831. The molecule has 12 heavy (non-hydrogen) atoms. The zero-order valence-corrected chi connectivity index (χ0v) is 8.59. The second-order valence-corrected chi connectivity index (χ2v) is 5.96. The lowest BCUT2D eigenvalue weighted by Crippen LogP contribution is -2.02. The Bertz CT molecular complexity index is 265. The van der Waals surface area contributed by atoms with Crippen molar-refractivity contribution in [3.05, 3.63) is 22.0 Å². The molecule has 0 aromatic heterocycles. The monoisotopic (exact) mass is 196 g/mol. The van der Waals surface area contributed by atoms with Gasteiger partial charge in [0.2, 0.25) is 0 Å². The Morgan fingerprint density at radius 3 is 3.17 bits per heavy atom. The molecule has 64 valence electrons. The molecular formula is C10H12S2. The van der Waals surface area contributed by atoms with Crippen LogP contribution in [0.5, 0.6) is 0 Å². The van der Waals surface area contributed by atoms with Gasteiger partial charge in [0.15, 0.2) is 0 Å². The summed E-state index contributed by atoms with van der Waals surface area (Å²) < 4.78 is 0. The number of fused-ring (bicyclic) bond motifs is 2. The van der Waals surface area contributed by atoms with Crippen molar-refractivity contribution in [2.45, 2.75) is 12.8 Å². The molecule has 0 saturated heterocycles. The van der Waals surface area contributed by atoms with Crippen LogP contribution in [0.4, 0.5) is 0 Å². The third-order valence-electron chi connectivity index (χ3n) is 2.93. The van der Waals surface area contributed by atoms with Crippen molar-refractivity contribution < 1.29 is 0 Å². The molecule has 2 atom stereocenters. The Labute approximate surface area is 81.9 Å². The summed E-state index contributed by atoms with van der Waals surface area (Å²) in [6.45, 7) is 0. The van der Waals surface area contributed by atoms with Gasteiger partial charge >= 0.3 is 0 Å². The molecule has 0 nitrogen and oxygen atoms in total. The third kappa shape index (κ3) is 1.01. The maximum atomic E-state index is 2.44. The average molecular weight is 196 g/mol. The minimum Gasteiger partial charge on any atom is -0.129 e. The molecule has 0 radical (unpaired) electrons. The predicted molar refractivity (Wildman–Crippen MR) is 57.3 cm³/mol. The topological polar surface area (TPSA) is 0 Å². The van der Waals surface area contributed by atoms with E-state index in [9.17, 15) is 0 Å². The maximum absolute atomic E-state index is 2.44. The summed E-state index contributed by atoms with van der Waals surface area (Å²) >= 11 is 4.23. The molecule has 0 unspecified atom stereocenters. The highest BCUT2D eigenvalue weighted by Gasteiger charge is 2.36. The van der Waals surface area contributed by atoms with E-state index in [0.29, 0.717) is 0 Å². The van der Waals surface area contributed by atoms with Gasteiger partial charge in [0.1, 0.15) is 0 Å². The van der Waals surface area contributed by atoms with Gasteiger partial charge in [-0.05, 0) is 23.7 Å². The summed E-state index contributed by atoms with van der Waals surface area (Å²) in [6.07, 6.45) is 7.52. The van der Waals surface area contributed by atoms with Crippen LogP contribution in [0, 0.1) is 11.8 Å². The molecule has 0 bridgehead atoms. The highest BCUT2D eigenvalue weighted by Crippen LogP contribution is 2.53. The van der Waals surface area contributed by atoms with Crippen LogP contribution in [0.25, 0.3) is 0 Å². The SMILES string of the molecule is C1=C[C@H]2C3=C(C[C@H]2C1)SCCS3. The van der Waals surface area contributed by atoms with Gasteiger partial charge < -0.3 is 0 Å². The van der Waals surface area contributed by atoms with Crippen LogP contribution in [0.1, 0.15) is 12.8 Å². The molecule has 2 heteroatoms. The van der Waals surface area contributed by atoms with Crippen molar-refractivity contribution in [2.24, 2.45) is 11.8 Å². The van der Waals surface area contributed by atoms with E-state index in [-0.39, 0.29) is 0 Å². The first kappa shape index (κ1) is 7.57. The van der Waals surface area contributed by atoms with Gasteiger partial charge in [-0.2, -0.15) is 0 Å². The van der Waals surface area contributed by atoms with Crippen LogP contribution in [0.2, 0.25) is 0 Å². The Kier molecular flexibility index (Phi) is 1.80. The second kappa shape index (κ2) is 2.85. The predicted octanol–water partition coefficient (Wildman–Crippen LogP) is 3.27. The number of allylic oxidation sites excluding steroid dienone is 4. The lowest BCUT2D eigenvalue weighted by Gasteiger charge is -2.15. The largest absolute Gasteiger partial charge is 0.129 e. The molecule has 3 rings (SSSR count). The number of thioether (sulfide) groups is 2. The van der Waals surface area contributed by atoms with E-state index < -0.39 is 0 Å². The normalized spacial score (nSPS) is 38.7. The van der Waals surface area contributed by atoms with Crippen LogP contribution < -0.4 is 0 Å². The van der Waals surface area contributed by atoms with E-state index in [1.54, 1.807) is 9.81 Å². The summed E-state index contributed by atoms with van der Waals surface area (Å²) in [5.74, 6) is 4.46. The van der Waals surface area contributed by atoms with Gasteiger partial charge in [-0.25, -0.2) is 0 Å². The maximum Gasteiger partial charge on any atom is 0.0120 e. The third-order valence-corrected chi connectivity index (χ3v) is 5.70. The Morgan fingerprint density at radius 1 is 1.25 bits per heavy atom. The van der Waals surface area contributed by atoms with E-state index >= 15 is 0 Å².